The van der Waals surface area contributed by atoms with Gasteiger partial charge in [0.25, 0.3) is 0 Å². The molecule has 4 N–H and O–H groups in total. The van der Waals surface area contributed by atoms with Crippen LogP contribution in [0, 0.1) is 0 Å². The number of hydrogen-bond donors (Lipinski definition) is 4. The van der Waals surface area contributed by atoms with E-state index in [0.29, 0.717) is 19.3 Å². The van der Waals surface area contributed by atoms with E-state index in [4.69, 9.17) is 32.3 Å². The number of hydrogen-bond acceptors (Lipinski definition) is 14. The number of carbonyl (C=O) groups is 3. The maximum absolute atomic E-state index is 13.0. The van der Waals surface area contributed by atoms with Crippen molar-refractivity contribution in [1.29, 1.82) is 0 Å². The molecule has 0 aliphatic heterocycles. The number of rotatable bonds is 94. The third-order valence-electron chi connectivity index (χ3n) is 21.3. The molecule has 16 nitrogen and oxygen atoms in total. The molecular formula is C103H182O16P2. The van der Waals surface area contributed by atoms with Gasteiger partial charge in [0.2, 0.25) is 0 Å². The lowest BCUT2D eigenvalue weighted by atomic mass is 10.0. The first-order chi connectivity index (χ1) is 59.2. The largest absolute Gasteiger partial charge is 0.472 e. The Bertz CT molecular complexity index is 2730. The minimum atomic E-state index is -4.94. The molecule has 0 rings (SSSR count). The van der Waals surface area contributed by atoms with E-state index in [1.165, 1.54) is 250 Å². The standard InChI is InChI=1S/C103H182O16P2/c1-4-7-10-13-16-19-22-25-28-30-32-34-36-38-40-42-44-46-48-50-52-54-56-58-60-62-64-66-69-71-74-77-80-83-86-89-101(106)113-92-98(104)93-115-120(109,110)116-94-99(105)95-117-121(111,112)118-97-100(119-103(108)91-88-85-82-79-76-73-68-27-24-21-18-15-12-9-6-3)96-114-102(107)90-87-84-81-78-75-72-70-67-65-63-61-59-57-55-53-51-49-47-45-43-41-39-37-35-33-31-29-26-23-20-17-14-11-8-5-2/h7,10,16-17,19-20,25-29,32-35,38-41,44,46,68,98-100,104-105H,4-6,8-9,11-15,18,21-24,30-31,36-37,42-43,45,47-67,69-97H2,1-3H3,(H,109,110)(H,111,112)/b10-7-,19-16-,20-17-,28-25-,29-26-,34-32-,35-33-,40-38-,41-39-,46-44-,68-27-. The Morgan fingerprint density at radius 2 is 0.438 bits per heavy atom. The molecule has 0 bridgehead atoms. The second-order valence-corrected chi connectivity index (χ2v) is 36.1. The van der Waals surface area contributed by atoms with Crippen molar-refractivity contribution in [2.24, 2.45) is 0 Å². The zero-order chi connectivity index (χ0) is 87.9. The highest BCUT2D eigenvalue weighted by Gasteiger charge is 2.30. The lowest BCUT2D eigenvalue weighted by Crippen LogP contribution is -2.30. The van der Waals surface area contributed by atoms with Crippen molar-refractivity contribution in [3.8, 4) is 0 Å². The molecule has 0 aliphatic carbocycles. The van der Waals surface area contributed by atoms with Crippen LogP contribution >= 0.6 is 15.6 Å². The average Bonchev–Trinajstić information content (AvgIpc) is 0.890. The van der Waals surface area contributed by atoms with Crippen molar-refractivity contribution in [2.45, 2.75) is 463 Å². The highest BCUT2D eigenvalue weighted by molar-refractivity contribution is 7.47. The van der Waals surface area contributed by atoms with Gasteiger partial charge in [0.1, 0.15) is 25.4 Å². The van der Waals surface area contributed by atoms with Crippen molar-refractivity contribution < 1.29 is 75.8 Å². The van der Waals surface area contributed by atoms with Crippen LogP contribution in [-0.2, 0) is 55.8 Å². The van der Waals surface area contributed by atoms with E-state index in [9.17, 15) is 43.5 Å². The minimum absolute atomic E-state index is 0.0972. The summed E-state index contributed by atoms with van der Waals surface area (Å²) in [7, 11) is -9.80. The average molecular weight is 1740 g/mol. The summed E-state index contributed by atoms with van der Waals surface area (Å²) in [6, 6.07) is 0. The number of phosphoric ester groups is 2. The Labute approximate surface area is 741 Å². The van der Waals surface area contributed by atoms with Crippen molar-refractivity contribution >= 4 is 33.6 Å². The summed E-state index contributed by atoms with van der Waals surface area (Å²) in [6.07, 6.45) is 120. The van der Waals surface area contributed by atoms with Crippen LogP contribution in [0.3, 0.4) is 0 Å². The minimum Gasteiger partial charge on any atom is -0.463 e. The molecule has 0 aromatic rings. The molecular weight excluding hydrogens is 1560 g/mol. The summed E-state index contributed by atoms with van der Waals surface area (Å²) >= 11 is 0. The van der Waals surface area contributed by atoms with E-state index in [-0.39, 0.29) is 19.3 Å². The third-order valence-corrected chi connectivity index (χ3v) is 23.2. The molecule has 0 aromatic heterocycles. The Hall–Kier alpha value is -4.31. The van der Waals surface area contributed by atoms with Gasteiger partial charge in [0, 0.05) is 19.3 Å². The SMILES string of the molecule is CC/C=C\C/C=C\C/C=C\C/C=C\C/C=C\C/C=C\CCCCCCCCCCCCCCCCCCC(=O)OCC(O)COP(=O)(O)OCC(O)COP(=O)(O)OCC(COC(=O)CCCCCCCCCCCCCCCCCCCCC/C=C\C/C=C\C/C=C\C/C=C\CCCCC)OC(=O)CCCCCCC/C=C\CCCCCCCC. The van der Waals surface area contributed by atoms with Gasteiger partial charge >= 0.3 is 33.6 Å². The number of carbonyl (C=O) groups excluding carboxylic acids is 3. The Morgan fingerprint density at radius 1 is 0.240 bits per heavy atom. The van der Waals surface area contributed by atoms with Crippen LogP contribution < -0.4 is 0 Å². The summed E-state index contributed by atoms with van der Waals surface area (Å²) in [5.41, 5.74) is 0. The van der Waals surface area contributed by atoms with Crippen molar-refractivity contribution in [1.82, 2.24) is 0 Å². The first-order valence-electron chi connectivity index (χ1n) is 49.5. The normalized spacial score (nSPS) is 14.3. The predicted octanol–water partition coefficient (Wildman–Crippen LogP) is 30.9. The van der Waals surface area contributed by atoms with Gasteiger partial charge in [-0.2, -0.15) is 0 Å². The van der Waals surface area contributed by atoms with Gasteiger partial charge in [-0.3, -0.25) is 32.5 Å². The highest BCUT2D eigenvalue weighted by Crippen LogP contribution is 2.45. The molecule has 18 heteroatoms. The predicted molar refractivity (Wildman–Crippen MR) is 510 cm³/mol. The fourth-order valence-electron chi connectivity index (χ4n) is 13.9. The van der Waals surface area contributed by atoms with Gasteiger partial charge < -0.3 is 34.2 Å². The van der Waals surface area contributed by atoms with E-state index in [1.807, 2.05) is 0 Å². The van der Waals surface area contributed by atoms with Gasteiger partial charge in [0.05, 0.1) is 26.4 Å². The maximum Gasteiger partial charge on any atom is 0.472 e. The fourth-order valence-corrected chi connectivity index (χ4v) is 15.4. The summed E-state index contributed by atoms with van der Waals surface area (Å²) in [6.45, 7) is 2.60. The maximum atomic E-state index is 13.0. The van der Waals surface area contributed by atoms with Crippen LogP contribution in [0.2, 0.25) is 0 Å². The van der Waals surface area contributed by atoms with E-state index in [1.54, 1.807) is 0 Å². The molecule has 5 unspecified atom stereocenters. The third kappa shape index (κ3) is 96.2. The molecule has 700 valence electrons. The van der Waals surface area contributed by atoms with E-state index in [2.05, 4.69) is 154 Å². The van der Waals surface area contributed by atoms with Crippen LogP contribution in [-0.4, -0.2) is 95.9 Å². The number of ether oxygens (including phenoxy) is 3. The number of esters is 3. The van der Waals surface area contributed by atoms with Gasteiger partial charge in [-0.1, -0.05) is 418 Å². The van der Waals surface area contributed by atoms with Crippen LogP contribution in [0.5, 0.6) is 0 Å². The molecule has 0 saturated carbocycles. The molecule has 121 heavy (non-hydrogen) atoms. The fraction of sp³-hybridized carbons (Fsp3) is 0.757. The van der Waals surface area contributed by atoms with E-state index in [0.717, 1.165) is 135 Å². The van der Waals surface area contributed by atoms with Gasteiger partial charge in [-0.25, -0.2) is 9.13 Å². The topological polar surface area (TPSA) is 231 Å². The molecule has 0 aromatic carbocycles. The van der Waals surface area contributed by atoms with Crippen LogP contribution in [0.1, 0.15) is 445 Å². The Morgan fingerprint density at radius 3 is 0.719 bits per heavy atom. The zero-order valence-electron chi connectivity index (χ0n) is 77.4. The zero-order valence-corrected chi connectivity index (χ0v) is 79.2. The van der Waals surface area contributed by atoms with Gasteiger partial charge in [-0.15, -0.1) is 0 Å². The van der Waals surface area contributed by atoms with Crippen LogP contribution in [0.4, 0.5) is 0 Å². The van der Waals surface area contributed by atoms with Crippen molar-refractivity contribution in [2.75, 3.05) is 39.6 Å². The summed E-state index contributed by atoms with van der Waals surface area (Å²) in [5.74, 6) is -1.56. The first kappa shape index (κ1) is 117. The first-order valence-corrected chi connectivity index (χ1v) is 52.5. The van der Waals surface area contributed by atoms with E-state index >= 15 is 0 Å². The number of allylic oxidation sites excluding steroid dienone is 22. The molecule has 0 radical (unpaired) electrons. The molecule has 0 amide bonds. The lowest BCUT2D eigenvalue weighted by Gasteiger charge is -2.21. The smallest absolute Gasteiger partial charge is 0.463 e. The van der Waals surface area contributed by atoms with Gasteiger partial charge in [-0.05, 0) is 141 Å². The van der Waals surface area contributed by atoms with Crippen LogP contribution in [0.25, 0.3) is 0 Å². The molecule has 0 aliphatic rings. The molecule has 0 heterocycles. The summed E-state index contributed by atoms with van der Waals surface area (Å²) in [5, 5.41) is 20.7. The highest BCUT2D eigenvalue weighted by atomic mass is 31.2. The molecule has 0 fully saturated rings. The second-order valence-electron chi connectivity index (χ2n) is 33.2. The molecule has 5 atom stereocenters. The van der Waals surface area contributed by atoms with E-state index < -0.39 is 91.5 Å². The van der Waals surface area contributed by atoms with Crippen LogP contribution in [0.15, 0.2) is 134 Å². The lowest BCUT2D eigenvalue weighted by molar-refractivity contribution is -0.161. The number of aliphatic hydroxyl groups is 2. The number of phosphoric acid groups is 2. The number of unbranched alkanes of at least 4 members (excludes halogenated alkanes) is 49. The van der Waals surface area contributed by atoms with Gasteiger partial charge in [0.15, 0.2) is 6.10 Å². The van der Waals surface area contributed by atoms with Crippen molar-refractivity contribution in [3.05, 3.63) is 134 Å². The van der Waals surface area contributed by atoms with Crippen molar-refractivity contribution in [3.63, 3.8) is 0 Å². The summed E-state index contributed by atoms with van der Waals surface area (Å²) < 4.78 is 61.5. The monoisotopic (exact) mass is 1740 g/mol. The Kier molecular flexibility index (Phi) is 91.4. The molecule has 0 saturated heterocycles. The second kappa shape index (κ2) is 94.8. The number of aliphatic hydroxyl groups excluding tert-OH is 2. The summed E-state index contributed by atoms with van der Waals surface area (Å²) in [4.78, 5) is 59.0. The quantitative estimate of drug-likeness (QED) is 0.0146. The molecule has 0 spiro atoms. The Balaban J connectivity index is 4.39.